The Hall–Kier alpha value is -2.01. The molecule has 3 fully saturated rings. The van der Waals surface area contributed by atoms with Crippen LogP contribution in [0.4, 0.5) is 4.79 Å². The number of alkyl carbamates (subject to hydrolysis) is 1. The van der Waals surface area contributed by atoms with E-state index in [2.05, 4.69) is 11.9 Å². The molecule has 1 heterocycles. The number of nitrogens with one attached hydrogen (secondary N) is 1. The monoisotopic (exact) mass is 539 g/mol. The van der Waals surface area contributed by atoms with Crippen molar-refractivity contribution in [1.82, 2.24) is 5.32 Å². The lowest BCUT2D eigenvalue weighted by molar-refractivity contribution is -0.370. The number of hydrogen-bond acceptors (Lipinski definition) is 9. The van der Waals surface area contributed by atoms with E-state index in [0.29, 0.717) is 12.8 Å². The third-order valence-electron chi connectivity index (χ3n) is 9.06. The lowest BCUT2D eigenvalue weighted by Crippen LogP contribution is -2.86. The van der Waals surface area contributed by atoms with Gasteiger partial charge in [-0.25, -0.2) is 9.59 Å². The second kappa shape index (κ2) is 9.28. The second-order valence-electron chi connectivity index (χ2n) is 13.6. The van der Waals surface area contributed by atoms with Gasteiger partial charge in [-0.05, 0) is 59.8 Å². The summed E-state index contributed by atoms with van der Waals surface area (Å²) in [5.74, 6) is -2.35. The lowest BCUT2D eigenvalue weighted by Gasteiger charge is -2.71. The molecule has 4 N–H and O–H groups in total. The van der Waals surface area contributed by atoms with Gasteiger partial charge >= 0.3 is 12.1 Å². The quantitative estimate of drug-likeness (QED) is 0.312. The summed E-state index contributed by atoms with van der Waals surface area (Å²) in [7, 11) is 0. The molecule has 1 unspecified atom stereocenters. The minimum Gasteiger partial charge on any atom is -0.455 e. The molecule has 0 radical (unpaired) electrons. The van der Waals surface area contributed by atoms with Crippen LogP contribution in [0.1, 0.15) is 81.6 Å². The van der Waals surface area contributed by atoms with Crippen molar-refractivity contribution in [2.45, 2.75) is 128 Å². The Morgan fingerprint density at radius 3 is 2.29 bits per heavy atom. The molecule has 9 atom stereocenters. The number of amides is 1. The Bertz CT molecular complexity index is 1000. The van der Waals surface area contributed by atoms with Crippen molar-refractivity contribution < 1.29 is 43.9 Å². The molecule has 216 valence electrons. The average Bonchev–Trinajstić information content (AvgIpc) is 2.75. The van der Waals surface area contributed by atoms with Crippen molar-refractivity contribution in [3.8, 4) is 0 Å². The fourth-order valence-electron chi connectivity index (χ4n) is 7.25. The molecule has 1 saturated heterocycles. The van der Waals surface area contributed by atoms with E-state index in [4.69, 9.17) is 14.2 Å². The van der Waals surface area contributed by atoms with Gasteiger partial charge < -0.3 is 34.8 Å². The molecule has 0 aromatic carbocycles. The van der Waals surface area contributed by atoms with Crippen LogP contribution in [0.25, 0.3) is 0 Å². The first-order chi connectivity index (χ1) is 17.1. The molecule has 0 spiro atoms. The molecule has 3 rings (SSSR count). The first-order valence-electron chi connectivity index (χ1n) is 13.3. The number of Topliss-reactive ketones (excluding diaryl/α,β-unsaturated/α-hetero) is 1. The number of carbonyl (C=O) groups excluding carboxylic acids is 3. The van der Waals surface area contributed by atoms with Crippen LogP contribution in [-0.4, -0.2) is 79.9 Å². The Kier molecular flexibility index (Phi) is 7.46. The maximum atomic E-state index is 13.9. The summed E-state index contributed by atoms with van der Waals surface area (Å²) in [6.07, 6.45) is -2.88. The largest absolute Gasteiger partial charge is 0.455 e. The first-order valence-corrected chi connectivity index (χ1v) is 13.3. The number of carbonyl (C=O) groups is 3. The molecule has 0 bridgehead atoms. The van der Waals surface area contributed by atoms with Crippen LogP contribution < -0.4 is 5.32 Å². The Morgan fingerprint density at radius 1 is 1.18 bits per heavy atom. The summed E-state index contributed by atoms with van der Waals surface area (Å²) in [6.45, 7) is 18.7. The van der Waals surface area contributed by atoms with Gasteiger partial charge in [0.05, 0.1) is 17.8 Å². The molecule has 0 aromatic heterocycles. The van der Waals surface area contributed by atoms with Crippen molar-refractivity contribution in [2.24, 2.45) is 16.7 Å². The minimum atomic E-state index is -2.32. The molecule has 1 amide bonds. The Morgan fingerprint density at radius 2 is 1.76 bits per heavy atom. The minimum absolute atomic E-state index is 0.217. The van der Waals surface area contributed by atoms with Gasteiger partial charge in [-0.2, -0.15) is 0 Å². The Labute approximate surface area is 225 Å². The van der Waals surface area contributed by atoms with Crippen molar-refractivity contribution in [2.75, 3.05) is 0 Å². The van der Waals surface area contributed by atoms with Gasteiger partial charge in [-0.3, -0.25) is 4.79 Å². The van der Waals surface area contributed by atoms with Gasteiger partial charge in [0.15, 0.2) is 17.5 Å². The van der Waals surface area contributed by atoms with Crippen LogP contribution in [0.2, 0.25) is 0 Å². The normalized spacial score (nSPS) is 43.2. The first kappa shape index (κ1) is 30.5. The molecule has 0 aromatic rings. The van der Waals surface area contributed by atoms with E-state index in [-0.39, 0.29) is 6.42 Å². The molecular formula is C28H45NO9. The predicted octanol–water partition coefficient (Wildman–Crippen LogP) is 2.41. The molecular weight excluding hydrogens is 494 g/mol. The molecule has 2 aliphatic carbocycles. The van der Waals surface area contributed by atoms with Crippen LogP contribution in [-0.2, 0) is 23.8 Å². The second-order valence-corrected chi connectivity index (χ2v) is 13.6. The van der Waals surface area contributed by atoms with Crippen LogP contribution in [0, 0.1) is 16.7 Å². The summed E-state index contributed by atoms with van der Waals surface area (Å²) in [4.78, 5) is 39.4. The maximum absolute atomic E-state index is 13.9. The summed E-state index contributed by atoms with van der Waals surface area (Å²) in [6, 6.07) is -1.18. The topological polar surface area (TPSA) is 152 Å². The number of rotatable bonds is 4. The number of aliphatic hydroxyl groups is 3. The average molecular weight is 540 g/mol. The summed E-state index contributed by atoms with van der Waals surface area (Å²) in [5, 5.41) is 38.1. The number of aliphatic hydroxyl groups excluding tert-OH is 2. The van der Waals surface area contributed by atoms with Crippen LogP contribution >= 0.6 is 0 Å². The maximum Gasteiger partial charge on any atom is 0.408 e. The van der Waals surface area contributed by atoms with E-state index < -0.39 is 81.4 Å². The van der Waals surface area contributed by atoms with E-state index in [1.807, 2.05) is 13.8 Å². The van der Waals surface area contributed by atoms with Crippen LogP contribution in [0.15, 0.2) is 12.7 Å². The number of hydrogen-bond donors (Lipinski definition) is 4. The van der Waals surface area contributed by atoms with Gasteiger partial charge in [-0.1, -0.05) is 26.8 Å². The highest BCUT2D eigenvalue weighted by Gasteiger charge is 2.81. The van der Waals surface area contributed by atoms with Crippen molar-refractivity contribution in [3.63, 3.8) is 0 Å². The summed E-state index contributed by atoms with van der Waals surface area (Å²) >= 11 is 0. The highest BCUT2D eigenvalue weighted by Crippen LogP contribution is 2.67. The molecule has 3 aliphatic rings. The van der Waals surface area contributed by atoms with Gasteiger partial charge in [0, 0.05) is 17.8 Å². The summed E-state index contributed by atoms with van der Waals surface area (Å²) in [5.41, 5.74) is -8.48. The van der Waals surface area contributed by atoms with E-state index in [9.17, 15) is 29.7 Å². The third kappa shape index (κ3) is 4.47. The highest BCUT2D eigenvalue weighted by molar-refractivity contribution is 5.92. The van der Waals surface area contributed by atoms with Crippen molar-refractivity contribution in [1.29, 1.82) is 0 Å². The van der Waals surface area contributed by atoms with Crippen LogP contribution in [0.3, 0.4) is 0 Å². The molecule has 10 heteroatoms. The number of ether oxygens (including phenoxy) is 3. The lowest BCUT2D eigenvalue weighted by atomic mass is 9.40. The highest BCUT2D eigenvalue weighted by atomic mass is 16.6. The van der Waals surface area contributed by atoms with E-state index in [1.165, 1.54) is 19.9 Å². The molecule has 2 saturated carbocycles. The van der Waals surface area contributed by atoms with Crippen molar-refractivity contribution in [3.05, 3.63) is 12.7 Å². The zero-order valence-corrected chi connectivity index (χ0v) is 24.1. The fraction of sp³-hybridized carbons (Fsp3) is 0.821. The molecule has 1 aliphatic heterocycles. The predicted molar refractivity (Wildman–Crippen MR) is 138 cm³/mol. The SMILES string of the molecule is C=C[C@@]1(C)CC(=O)[C@]2(O)[C@@]3(C)[C@@H](O)CCC(C)(C)[C@@H]3[C@H](O)[C@H](OC(=O)C(C)NC(=O)OC(C)(C)C)[C@@]2(C)O1. The zero-order chi connectivity index (χ0) is 29.3. The standard InChI is InChI=1S/C28H45NO9/c1-11-25(8)14-17(31)28(35)26(9)16(30)12-13-24(6,7)19(26)18(32)20(27(28,10)38-25)36-21(33)15(2)29-22(34)37-23(3,4)5/h11,15-16,18-20,30,32,35H,1,12-14H2,2-10H3,(H,29,34)/t15?,16-,18-,19-,20-,25-,26-,27+,28-/m0/s1. The van der Waals surface area contributed by atoms with Crippen molar-refractivity contribution >= 4 is 17.8 Å². The molecule has 10 nitrogen and oxygen atoms in total. The number of fused-ring (bicyclic) bond motifs is 3. The van der Waals surface area contributed by atoms with Gasteiger partial charge in [0.2, 0.25) is 0 Å². The third-order valence-corrected chi connectivity index (χ3v) is 9.06. The van der Waals surface area contributed by atoms with E-state index >= 15 is 0 Å². The number of esters is 1. The summed E-state index contributed by atoms with van der Waals surface area (Å²) < 4.78 is 17.4. The fourth-order valence-corrected chi connectivity index (χ4v) is 7.25. The van der Waals surface area contributed by atoms with Crippen LogP contribution in [0.5, 0.6) is 0 Å². The number of ketones is 1. The van der Waals surface area contributed by atoms with Gasteiger partial charge in [0.1, 0.15) is 17.2 Å². The van der Waals surface area contributed by atoms with E-state index in [1.54, 1.807) is 34.6 Å². The Balaban J connectivity index is 2.10. The van der Waals surface area contributed by atoms with Gasteiger partial charge in [0.25, 0.3) is 0 Å². The smallest absolute Gasteiger partial charge is 0.408 e. The van der Waals surface area contributed by atoms with Gasteiger partial charge in [-0.15, -0.1) is 6.58 Å². The van der Waals surface area contributed by atoms with E-state index in [0.717, 1.165) is 0 Å². The molecule has 38 heavy (non-hydrogen) atoms. The zero-order valence-electron chi connectivity index (χ0n) is 24.1.